The van der Waals surface area contributed by atoms with Crippen LogP contribution in [-0.2, 0) is 0 Å². The van der Waals surface area contributed by atoms with E-state index in [1.807, 2.05) is 0 Å². The molecule has 0 atom stereocenters. The molecule has 0 bridgehead atoms. The van der Waals surface area contributed by atoms with Crippen molar-refractivity contribution in [2.45, 2.75) is 52.8 Å². The Balaban J connectivity index is 4.42. The van der Waals surface area contributed by atoms with Crippen molar-refractivity contribution in [1.82, 2.24) is 0 Å². The predicted molar refractivity (Wildman–Crippen MR) is 56.6 cm³/mol. The Hall–Kier alpha value is -0.0431. The standard InChI is InChI=1S/C10H22Si/c1-6-11(7-2,8-3)9-10(4)5/h9H,6-8H2,1-5H3. The maximum absolute atomic E-state index is 2.58. The second-order valence-corrected chi connectivity index (χ2v) is 8.78. The zero-order valence-electron chi connectivity index (χ0n) is 8.70. The van der Waals surface area contributed by atoms with Gasteiger partial charge < -0.3 is 0 Å². The van der Waals surface area contributed by atoms with Crippen LogP contribution in [0.3, 0.4) is 0 Å². The summed E-state index contributed by atoms with van der Waals surface area (Å²) < 4.78 is 0. The molecule has 0 saturated heterocycles. The first-order valence-corrected chi connectivity index (χ1v) is 7.46. The van der Waals surface area contributed by atoms with Crippen LogP contribution in [0.15, 0.2) is 11.3 Å². The van der Waals surface area contributed by atoms with E-state index in [9.17, 15) is 0 Å². The van der Waals surface area contributed by atoms with Crippen molar-refractivity contribution < 1.29 is 0 Å². The Bertz CT molecular complexity index is 120. The van der Waals surface area contributed by atoms with Crippen molar-refractivity contribution in [3.63, 3.8) is 0 Å². The summed E-state index contributed by atoms with van der Waals surface area (Å²) in [6.07, 6.45) is 0. The number of hydrogen-bond acceptors (Lipinski definition) is 0. The predicted octanol–water partition coefficient (Wildman–Crippen LogP) is 4.00. The molecule has 0 aromatic carbocycles. The molecule has 0 nitrogen and oxygen atoms in total. The van der Waals surface area contributed by atoms with Crippen molar-refractivity contribution in [3.8, 4) is 0 Å². The summed E-state index contributed by atoms with van der Waals surface area (Å²) in [4.78, 5) is 0. The molecule has 0 amide bonds. The number of rotatable bonds is 4. The molecule has 0 aliphatic heterocycles. The minimum Gasteiger partial charge on any atom is -0.0956 e. The molecule has 0 fully saturated rings. The first-order chi connectivity index (χ1) is 5.10. The first-order valence-electron chi connectivity index (χ1n) is 4.76. The Kier molecular flexibility index (Phi) is 4.74. The summed E-state index contributed by atoms with van der Waals surface area (Å²) in [5.74, 6) is 0. The van der Waals surface area contributed by atoms with E-state index in [1.54, 1.807) is 0 Å². The molecule has 0 radical (unpaired) electrons. The summed E-state index contributed by atoms with van der Waals surface area (Å²) in [7, 11) is -0.943. The quantitative estimate of drug-likeness (QED) is 0.559. The van der Waals surface area contributed by atoms with Gasteiger partial charge in [-0.05, 0) is 13.8 Å². The molecule has 0 aliphatic carbocycles. The van der Waals surface area contributed by atoms with Crippen molar-refractivity contribution in [3.05, 3.63) is 11.3 Å². The fourth-order valence-electron chi connectivity index (χ4n) is 1.67. The molecule has 0 aliphatic rings. The van der Waals surface area contributed by atoms with Crippen LogP contribution in [0.5, 0.6) is 0 Å². The fourth-order valence-corrected chi connectivity index (χ4v) is 5.01. The van der Waals surface area contributed by atoms with Crippen LogP contribution in [0.1, 0.15) is 34.6 Å². The second-order valence-electron chi connectivity index (χ2n) is 3.64. The van der Waals surface area contributed by atoms with Gasteiger partial charge in [-0.15, -0.1) is 0 Å². The smallest absolute Gasteiger partial charge is 0.0769 e. The summed E-state index contributed by atoms with van der Waals surface area (Å²) in [5.41, 5.74) is 4.09. The van der Waals surface area contributed by atoms with Gasteiger partial charge in [0, 0.05) is 0 Å². The molecule has 0 saturated carbocycles. The van der Waals surface area contributed by atoms with Crippen LogP contribution in [0, 0.1) is 0 Å². The van der Waals surface area contributed by atoms with Crippen LogP contribution in [0.4, 0.5) is 0 Å². The molecule has 1 heteroatoms. The van der Waals surface area contributed by atoms with E-state index in [0.717, 1.165) is 0 Å². The Morgan fingerprint density at radius 2 is 1.36 bits per heavy atom. The highest BCUT2D eigenvalue weighted by atomic mass is 28.3. The third kappa shape index (κ3) is 3.24. The van der Waals surface area contributed by atoms with Crippen LogP contribution in [0.25, 0.3) is 0 Å². The largest absolute Gasteiger partial charge is 0.0956 e. The fraction of sp³-hybridized carbons (Fsp3) is 0.800. The summed E-state index contributed by atoms with van der Waals surface area (Å²) in [5, 5.41) is 0. The molecule has 0 aromatic rings. The van der Waals surface area contributed by atoms with Gasteiger partial charge in [-0.2, -0.15) is 0 Å². The second kappa shape index (κ2) is 4.76. The van der Waals surface area contributed by atoms with Crippen molar-refractivity contribution in [1.29, 1.82) is 0 Å². The number of hydrogen-bond donors (Lipinski definition) is 0. The summed E-state index contributed by atoms with van der Waals surface area (Å²) in [6.45, 7) is 11.5. The lowest BCUT2D eigenvalue weighted by Crippen LogP contribution is -2.28. The monoisotopic (exact) mass is 170 g/mol. The molecule has 0 rings (SSSR count). The van der Waals surface area contributed by atoms with E-state index in [0.29, 0.717) is 0 Å². The Labute approximate surface area is 72.7 Å². The third-order valence-electron chi connectivity index (χ3n) is 2.71. The minimum atomic E-state index is -0.943. The first kappa shape index (κ1) is 11.0. The number of allylic oxidation sites excluding steroid dienone is 1. The normalized spacial score (nSPS) is 11.4. The Morgan fingerprint density at radius 1 is 1.00 bits per heavy atom. The molecule has 0 unspecified atom stereocenters. The molecule has 0 aromatic heterocycles. The zero-order valence-corrected chi connectivity index (χ0v) is 9.70. The van der Waals surface area contributed by atoms with Gasteiger partial charge in [0.25, 0.3) is 0 Å². The van der Waals surface area contributed by atoms with E-state index in [2.05, 4.69) is 40.3 Å². The van der Waals surface area contributed by atoms with E-state index in [-0.39, 0.29) is 0 Å². The zero-order chi connectivity index (χ0) is 8.91. The lowest BCUT2D eigenvalue weighted by Gasteiger charge is -2.24. The lowest BCUT2D eigenvalue weighted by molar-refractivity contribution is 1.18. The average molecular weight is 170 g/mol. The van der Waals surface area contributed by atoms with Crippen LogP contribution >= 0.6 is 0 Å². The van der Waals surface area contributed by atoms with Gasteiger partial charge in [-0.3, -0.25) is 0 Å². The minimum absolute atomic E-state index is 0.943. The summed E-state index contributed by atoms with van der Waals surface area (Å²) >= 11 is 0. The van der Waals surface area contributed by atoms with Crippen LogP contribution in [0.2, 0.25) is 18.1 Å². The van der Waals surface area contributed by atoms with Gasteiger partial charge in [-0.1, -0.05) is 50.2 Å². The van der Waals surface area contributed by atoms with Gasteiger partial charge >= 0.3 is 0 Å². The Morgan fingerprint density at radius 3 is 1.45 bits per heavy atom. The lowest BCUT2D eigenvalue weighted by atomic mass is 10.4. The molecule has 0 heterocycles. The molecular weight excluding hydrogens is 148 g/mol. The third-order valence-corrected chi connectivity index (χ3v) is 8.12. The van der Waals surface area contributed by atoms with Gasteiger partial charge in [0.05, 0.1) is 8.07 Å². The van der Waals surface area contributed by atoms with E-state index in [1.165, 1.54) is 23.7 Å². The van der Waals surface area contributed by atoms with Gasteiger partial charge in [-0.25, -0.2) is 0 Å². The maximum atomic E-state index is 2.58. The van der Waals surface area contributed by atoms with E-state index in [4.69, 9.17) is 0 Å². The summed E-state index contributed by atoms with van der Waals surface area (Å²) in [6, 6.07) is 4.22. The van der Waals surface area contributed by atoms with E-state index >= 15 is 0 Å². The van der Waals surface area contributed by atoms with Crippen LogP contribution < -0.4 is 0 Å². The highest BCUT2D eigenvalue weighted by Gasteiger charge is 2.22. The van der Waals surface area contributed by atoms with Crippen molar-refractivity contribution >= 4 is 8.07 Å². The van der Waals surface area contributed by atoms with Gasteiger partial charge in [0.2, 0.25) is 0 Å². The van der Waals surface area contributed by atoms with Gasteiger partial charge in [0.15, 0.2) is 0 Å². The average Bonchev–Trinajstić information content (AvgIpc) is 2.00. The molecule has 11 heavy (non-hydrogen) atoms. The maximum Gasteiger partial charge on any atom is 0.0769 e. The molecule has 0 spiro atoms. The topological polar surface area (TPSA) is 0 Å². The van der Waals surface area contributed by atoms with E-state index < -0.39 is 8.07 Å². The SMILES string of the molecule is CC[Si](C=C(C)C)(CC)CC. The molecular formula is C10H22Si. The van der Waals surface area contributed by atoms with Crippen LogP contribution in [-0.4, -0.2) is 8.07 Å². The highest BCUT2D eigenvalue weighted by Crippen LogP contribution is 2.22. The van der Waals surface area contributed by atoms with Gasteiger partial charge in [0.1, 0.15) is 0 Å². The molecule has 0 N–H and O–H groups in total. The highest BCUT2D eigenvalue weighted by molar-refractivity contribution is 6.84. The van der Waals surface area contributed by atoms with Crippen molar-refractivity contribution in [2.75, 3.05) is 0 Å². The van der Waals surface area contributed by atoms with Crippen molar-refractivity contribution in [2.24, 2.45) is 0 Å². The molecule has 66 valence electrons.